The Hall–Kier alpha value is -1.86. The highest BCUT2D eigenvalue weighted by molar-refractivity contribution is 5.74. The fraction of sp³-hybridized carbons (Fsp3) is 0.111. The number of nitrogens with zero attached hydrogens (tertiary/aromatic N) is 1. The van der Waals surface area contributed by atoms with E-state index in [1.54, 1.807) is 24.3 Å². The van der Waals surface area contributed by atoms with Gasteiger partial charge < -0.3 is 10.5 Å². The summed E-state index contributed by atoms with van der Waals surface area (Å²) in [6.45, 7) is -0.153. The largest absolute Gasteiger partial charge is 0.426 e. The van der Waals surface area contributed by atoms with E-state index in [0.29, 0.717) is 11.3 Å². The van der Waals surface area contributed by atoms with Crippen molar-refractivity contribution in [3.8, 4) is 11.8 Å². The Balaban J connectivity index is 2.71. The van der Waals surface area contributed by atoms with Crippen molar-refractivity contribution in [2.45, 2.75) is 0 Å². The van der Waals surface area contributed by atoms with Crippen molar-refractivity contribution in [1.82, 2.24) is 0 Å². The van der Waals surface area contributed by atoms with E-state index in [9.17, 15) is 4.79 Å². The fourth-order valence-electron chi connectivity index (χ4n) is 0.771. The molecule has 1 aromatic rings. The minimum Gasteiger partial charge on any atom is -0.426 e. The molecule has 0 aliphatic heterocycles. The normalized spacial score (nSPS) is 8.92. The molecule has 2 N–H and O–H groups in total. The van der Waals surface area contributed by atoms with E-state index in [1.807, 2.05) is 6.07 Å². The summed E-state index contributed by atoms with van der Waals surface area (Å²) in [7, 11) is 0. The van der Waals surface area contributed by atoms with Gasteiger partial charge in [0.15, 0.2) is 0 Å². The van der Waals surface area contributed by atoms with Crippen LogP contribution in [0.5, 0.6) is 5.75 Å². The van der Waals surface area contributed by atoms with Crippen LogP contribution in [0, 0.1) is 11.3 Å². The summed E-state index contributed by atoms with van der Waals surface area (Å²) >= 11 is 0. The average molecular weight is 176 g/mol. The Morgan fingerprint density at radius 2 is 2.08 bits per heavy atom. The van der Waals surface area contributed by atoms with Gasteiger partial charge in [-0.25, -0.2) is 0 Å². The zero-order valence-electron chi connectivity index (χ0n) is 6.86. The molecule has 13 heavy (non-hydrogen) atoms. The molecular weight excluding hydrogens is 168 g/mol. The molecule has 0 fully saturated rings. The molecule has 0 aliphatic rings. The lowest BCUT2D eigenvalue weighted by atomic mass is 10.2. The molecule has 4 heteroatoms. The third kappa shape index (κ3) is 2.58. The Labute approximate surface area is 75.5 Å². The van der Waals surface area contributed by atoms with Gasteiger partial charge in [-0.3, -0.25) is 4.79 Å². The molecule has 0 unspecified atom stereocenters. The van der Waals surface area contributed by atoms with Crippen LogP contribution in [0.15, 0.2) is 24.3 Å². The van der Waals surface area contributed by atoms with Crippen LogP contribution in [0.4, 0.5) is 0 Å². The van der Waals surface area contributed by atoms with Crippen molar-refractivity contribution in [2.24, 2.45) is 5.73 Å². The molecule has 0 aliphatic carbocycles. The zero-order chi connectivity index (χ0) is 9.68. The second kappa shape index (κ2) is 4.24. The van der Waals surface area contributed by atoms with E-state index >= 15 is 0 Å². The van der Waals surface area contributed by atoms with Gasteiger partial charge in [0.05, 0.1) is 18.2 Å². The maximum atomic E-state index is 10.7. The van der Waals surface area contributed by atoms with E-state index < -0.39 is 5.97 Å². The van der Waals surface area contributed by atoms with Crippen molar-refractivity contribution in [3.63, 3.8) is 0 Å². The van der Waals surface area contributed by atoms with Crippen LogP contribution >= 0.6 is 0 Å². The molecule has 0 atom stereocenters. The molecule has 0 bridgehead atoms. The molecule has 0 amide bonds. The van der Waals surface area contributed by atoms with Crippen LogP contribution < -0.4 is 10.5 Å². The first-order chi connectivity index (χ1) is 6.26. The summed E-state index contributed by atoms with van der Waals surface area (Å²) in [6.07, 6.45) is 0. The van der Waals surface area contributed by atoms with E-state index in [-0.39, 0.29) is 6.54 Å². The monoisotopic (exact) mass is 176 g/mol. The van der Waals surface area contributed by atoms with Gasteiger partial charge in [-0.15, -0.1) is 0 Å². The van der Waals surface area contributed by atoms with E-state index in [2.05, 4.69) is 0 Å². The first-order valence-electron chi connectivity index (χ1n) is 3.67. The standard InChI is InChI=1S/C9H8N2O2/c10-5-7-1-3-8(4-2-7)13-9(12)6-11/h1-4H,6,11H2. The summed E-state index contributed by atoms with van der Waals surface area (Å²) in [5.41, 5.74) is 5.57. The van der Waals surface area contributed by atoms with Crippen molar-refractivity contribution in [3.05, 3.63) is 29.8 Å². The molecule has 1 rings (SSSR count). The molecule has 0 heterocycles. The maximum Gasteiger partial charge on any atom is 0.325 e. The topological polar surface area (TPSA) is 76.1 Å². The fourth-order valence-corrected chi connectivity index (χ4v) is 0.771. The molecule has 0 saturated heterocycles. The Morgan fingerprint density at radius 1 is 1.46 bits per heavy atom. The van der Waals surface area contributed by atoms with Gasteiger partial charge in [0.25, 0.3) is 0 Å². The minimum absolute atomic E-state index is 0.153. The summed E-state index contributed by atoms with van der Waals surface area (Å²) in [6, 6.07) is 8.19. The number of hydrogen-bond acceptors (Lipinski definition) is 4. The van der Waals surface area contributed by atoms with Crippen molar-refractivity contribution in [1.29, 1.82) is 5.26 Å². The minimum atomic E-state index is -0.496. The highest BCUT2D eigenvalue weighted by Gasteiger charge is 2.00. The summed E-state index contributed by atoms with van der Waals surface area (Å²) < 4.78 is 4.79. The van der Waals surface area contributed by atoms with Crippen molar-refractivity contribution >= 4 is 5.97 Å². The van der Waals surface area contributed by atoms with Crippen LogP contribution in [0.2, 0.25) is 0 Å². The predicted molar refractivity (Wildman–Crippen MR) is 45.8 cm³/mol. The number of hydrogen-bond donors (Lipinski definition) is 1. The highest BCUT2D eigenvalue weighted by Crippen LogP contribution is 2.11. The first kappa shape index (κ1) is 9.23. The summed E-state index contributed by atoms with van der Waals surface area (Å²) in [5, 5.41) is 8.48. The lowest BCUT2D eigenvalue weighted by Crippen LogP contribution is -2.19. The molecule has 0 radical (unpaired) electrons. The van der Waals surface area contributed by atoms with Crippen molar-refractivity contribution < 1.29 is 9.53 Å². The number of nitrogens with two attached hydrogens (primary N) is 1. The van der Waals surface area contributed by atoms with Crippen molar-refractivity contribution in [2.75, 3.05) is 6.54 Å². The molecular formula is C9H8N2O2. The number of nitriles is 1. The number of carbonyl (C=O) groups is 1. The predicted octanol–water partition coefficient (Wildman–Crippen LogP) is 0.422. The number of esters is 1. The molecule has 66 valence electrons. The number of carbonyl (C=O) groups excluding carboxylic acids is 1. The number of rotatable bonds is 2. The van der Waals surface area contributed by atoms with Gasteiger partial charge >= 0.3 is 5.97 Å². The highest BCUT2D eigenvalue weighted by atomic mass is 16.5. The van der Waals surface area contributed by atoms with Crippen LogP contribution in [0.3, 0.4) is 0 Å². The quantitative estimate of drug-likeness (QED) is 0.523. The lowest BCUT2D eigenvalue weighted by molar-refractivity contribution is -0.132. The lowest BCUT2D eigenvalue weighted by Gasteiger charge is -2.00. The molecule has 0 saturated carbocycles. The molecule has 0 spiro atoms. The van der Waals surface area contributed by atoms with E-state index in [1.165, 1.54) is 0 Å². The van der Waals surface area contributed by atoms with Crippen LogP contribution in [0.25, 0.3) is 0 Å². The van der Waals surface area contributed by atoms with Gasteiger partial charge in [-0.1, -0.05) is 0 Å². The zero-order valence-corrected chi connectivity index (χ0v) is 6.86. The smallest absolute Gasteiger partial charge is 0.325 e. The van der Waals surface area contributed by atoms with Gasteiger partial charge in [-0.05, 0) is 24.3 Å². The molecule has 1 aromatic carbocycles. The first-order valence-corrected chi connectivity index (χ1v) is 3.67. The van der Waals surface area contributed by atoms with E-state index in [4.69, 9.17) is 15.7 Å². The molecule has 4 nitrogen and oxygen atoms in total. The molecule has 0 aromatic heterocycles. The second-order valence-corrected chi connectivity index (χ2v) is 2.31. The average Bonchev–Trinajstić information content (AvgIpc) is 2.19. The summed E-state index contributed by atoms with van der Waals surface area (Å²) in [4.78, 5) is 10.7. The number of ether oxygens (including phenoxy) is 1. The van der Waals surface area contributed by atoms with Crippen LogP contribution in [0.1, 0.15) is 5.56 Å². The third-order valence-corrected chi connectivity index (χ3v) is 1.38. The van der Waals surface area contributed by atoms with Crippen LogP contribution in [-0.4, -0.2) is 12.5 Å². The Kier molecular flexibility index (Phi) is 3.01. The second-order valence-electron chi connectivity index (χ2n) is 2.31. The third-order valence-electron chi connectivity index (χ3n) is 1.38. The van der Waals surface area contributed by atoms with Gasteiger partial charge in [-0.2, -0.15) is 5.26 Å². The van der Waals surface area contributed by atoms with Crippen LogP contribution in [-0.2, 0) is 4.79 Å². The van der Waals surface area contributed by atoms with Gasteiger partial charge in [0.2, 0.25) is 0 Å². The van der Waals surface area contributed by atoms with Gasteiger partial charge in [0, 0.05) is 0 Å². The Bertz CT molecular complexity index is 338. The SMILES string of the molecule is N#Cc1ccc(OC(=O)CN)cc1. The Morgan fingerprint density at radius 3 is 2.54 bits per heavy atom. The summed E-state index contributed by atoms with van der Waals surface area (Å²) in [5.74, 6) is -0.0980. The number of benzene rings is 1. The maximum absolute atomic E-state index is 10.7. The van der Waals surface area contributed by atoms with E-state index in [0.717, 1.165) is 0 Å². The van der Waals surface area contributed by atoms with Gasteiger partial charge in [0.1, 0.15) is 5.75 Å².